The fourth-order valence-corrected chi connectivity index (χ4v) is 3.84. The van der Waals surface area contributed by atoms with E-state index in [1.807, 2.05) is 0 Å². The molecule has 0 rings (SSSR count). The summed E-state index contributed by atoms with van der Waals surface area (Å²) in [5.74, 6) is -1.40. The van der Waals surface area contributed by atoms with E-state index in [4.69, 9.17) is 9.47 Å². The lowest BCUT2D eigenvalue weighted by Crippen LogP contribution is -2.43. The van der Waals surface area contributed by atoms with E-state index < -0.39 is 24.0 Å². The van der Waals surface area contributed by atoms with Gasteiger partial charge in [-0.05, 0) is 0 Å². The fraction of sp³-hybridized carbons (Fsp3) is 0.500. The van der Waals surface area contributed by atoms with E-state index in [-0.39, 0.29) is 36.5 Å². The lowest BCUT2D eigenvalue weighted by atomic mass is 10.3. The Morgan fingerprint density at radius 3 is 1.46 bits per heavy atom. The van der Waals surface area contributed by atoms with E-state index in [1.165, 1.54) is 47.6 Å². The first-order valence-corrected chi connectivity index (χ1v) is 10.1. The van der Waals surface area contributed by atoms with Gasteiger partial charge in [0.05, 0.1) is 0 Å². The van der Waals surface area contributed by atoms with Gasteiger partial charge in [0.15, 0.2) is 0 Å². The van der Waals surface area contributed by atoms with Crippen molar-refractivity contribution in [1.82, 2.24) is 10.6 Å². The van der Waals surface area contributed by atoms with Crippen molar-refractivity contribution in [1.29, 1.82) is 0 Å². The summed E-state index contributed by atoms with van der Waals surface area (Å²) in [5.41, 5.74) is 0. The molecule has 2 N–H and O–H groups in total. The minimum atomic E-state index is -0.822. The smallest absolute Gasteiger partial charge is 0.329 e. The Kier molecular flexibility index (Phi) is 13.2. The van der Waals surface area contributed by atoms with Gasteiger partial charge in [-0.1, -0.05) is 46.9 Å². The third-order valence-corrected chi connectivity index (χ3v) is 4.99. The van der Waals surface area contributed by atoms with Crippen LogP contribution >= 0.6 is 21.6 Å². The van der Waals surface area contributed by atoms with Crippen LogP contribution in [0.4, 0.5) is 0 Å². The molecule has 0 aromatic rings. The van der Waals surface area contributed by atoms with E-state index in [2.05, 4.69) is 23.8 Å². The topological polar surface area (TPSA) is 111 Å². The minimum Gasteiger partial charge on any atom is -0.460 e. The predicted molar refractivity (Wildman–Crippen MR) is 102 cm³/mol. The third-order valence-electron chi connectivity index (χ3n) is 2.56. The highest BCUT2D eigenvalue weighted by atomic mass is 33.1. The molecule has 0 aliphatic heterocycles. The van der Waals surface area contributed by atoms with Crippen molar-refractivity contribution in [2.24, 2.45) is 0 Å². The molecule has 0 unspecified atom stereocenters. The van der Waals surface area contributed by atoms with E-state index in [0.29, 0.717) is 0 Å². The summed E-state index contributed by atoms with van der Waals surface area (Å²) in [5, 5.41) is 5.01. The van der Waals surface area contributed by atoms with Crippen molar-refractivity contribution in [2.75, 3.05) is 24.7 Å². The molecule has 0 aliphatic carbocycles. The van der Waals surface area contributed by atoms with Gasteiger partial charge < -0.3 is 20.1 Å². The van der Waals surface area contributed by atoms with Crippen molar-refractivity contribution in [3.63, 3.8) is 0 Å². The summed E-state index contributed by atoms with van der Waals surface area (Å²) in [6.07, 6.45) is 2.86. The molecule has 8 nitrogen and oxygen atoms in total. The van der Waals surface area contributed by atoms with E-state index in [9.17, 15) is 19.2 Å². The van der Waals surface area contributed by atoms with E-state index in [0.717, 1.165) is 0 Å². The Hall–Kier alpha value is -1.94. The monoisotopic (exact) mass is 404 g/mol. The summed E-state index contributed by atoms with van der Waals surface area (Å²) in [6.45, 7) is 9.60. The van der Waals surface area contributed by atoms with Gasteiger partial charge >= 0.3 is 11.9 Å². The third kappa shape index (κ3) is 11.6. The number of carbonyl (C=O) groups excluding carboxylic acids is 4. The highest BCUT2D eigenvalue weighted by Crippen LogP contribution is 2.23. The van der Waals surface area contributed by atoms with Crippen molar-refractivity contribution in [3.8, 4) is 0 Å². The molecule has 146 valence electrons. The number of carbonyl (C=O) groups is 4. The second-order valence-corrected chi connectivity index (χ2v) is 7.46. The Bertz CT molecular complexity index is 481. The zero-order chi connectivity index (χ0) is 19.9. The number of rotatable bonds is 13. The van der Waals surface area contributed by atoms with Crippen molar-refractivity contribution >= 4 is 45.3 Å². The highest BCUT2D eigenvalue weighted by molar-refractivity contribution is 8.76. The number of hydrogen-bond donors (Lipinski definition) is 2. The quantitative estimate of drug-likeness (QED) is 0.201. The molecule has 0 saturated heterocycles. The summed E-state index contributed by atoms with van der Waals surface area (Å²) >= 11 is 0. The van der Waals surface area contributed by atoms with Crippen LogP contribution in [0, 0.1) is 0 Å². The highest BCUT2D eigenvalue weighted by Gasteiger charge is 2.23. The van der Waals surface area contributed by atoms with E-state index >= 15 is 0 Å². The van der Waals surface area contributed by atoms with Crippen LogP contribution in [-0.4, -0.2) is 60.6 Å². The number of nitrogens with one attached hydrogen (secondary N) is 2. The summed E-state index contributed by atoms with van der Waals surface area (Å²) in [7, 11) is 2.52. The molecule has 0 radical (unpaired) electrons. The maximum Gasteiger partial charge on any atom is 0.329 e. The first kappa shape index (κ1) is 24.1. The van der Waals surface area contributed by atoms with Gasteiger partial charge in [0.25, 0.3) is 0 Å². The lowest BCUT2D eigenvalue weighted by molar-refractivity contribution is -0.146. The summed E-state index contributed by atoms with van der Waals surface area (Å²) < 4.78 is 9.87. The van der Waals surface area contributed by atoms with Crippen molar-refractivity contribution < 1.29 is 28.7 Å². The van der Waals surface area contributed by atoms with Gasteiger partial charge in [-0.3, -0.25) is 9.59 Å². The number of hydrogen-bond acceptors (Lipinski definition) is 8. The number of esters is 2. The molecule has 2 amide bonds. The zero-order valence-corrected chi connectivity index (χ0v) is 16.5. The molecule has 0 spiro atoms. The lowest BCUT2D eigenvalue weighted by Gasteiger charge is -2.17. The van der Waals surface area contributed by atoms with Crippen LogP contribution in [0.3, 0.4) is 0 Å². The SMILES string of the molecule is C=CCOC(=O)[C@@H](CSSC[C@@H](NC(C)=O)C(=O)OCC=C)NC(C)=O. The summed E-state index contributed by atoms with van der Waals surface area (Å²) in [6, 6.07) is -1.64. The van der Waals surface area contributed by atoms with Crippen molar-refractivity contribution in [2.45, 2.75) is 25.9 Å². The number of ether oxygens (including phenoxy) is 2. The molecular weight excluding hydrogens is 380 g/mol. The average molecular weight is 405 g/mol. The maximum atomic E-state index is 11.9. The molecule has 26 heavy (non-hydrogen) atoms. The molecule has 0 saturated carbocycles. The minimum absolute atomic E-state index is 0.0481. The number of amides is 2. The first-order valence-electron chi connectivity index (χ1n) is 7.65. The Morgan fingerprint density at radius 1 is 0.846 bits per heavy atom. The molecule has 0 heterocycles. The van der Waals surface area contributed by atoms with Gasteiger partial charge in [-0.15, -0.1) is 0 Å². The normalized spacial score (nSPS) is 12.2. The molecule has 0 aromatic carbocycles. The molecule has 0 bridgehead atoms. The first-order chi connectivity index (χ1) is 12.3. The maximum absolute atomic E-state index is 11.9. The van der Waals surface area contributed by atoms with Crippen LogP contribution < -0.4 is 10.6 Å². The van der Waals surface area contributed by atoms with Gasteiger partial charge in [-0.2, -0.15) is 0 Å². The predicted octanol–water partition coefficient (Wildman–Crippen LogP) is 0.836. The standard InChI is InChI=1S/C16H24N2O6S2/c1-5-7-23-15(21)13(17-11(3)19)9-25-26-10-14(18-12(4)20)16(22)24-8-6-2/h5-6,13-14H,1-2,7-10H2,3-4H3,(H,17,19)(H,18,20)/t13-,14-/m1/s1. The average Bonchev–Trinajstić information content (AvgIpc) is 2.58. The largest absolute Gasteiger partial charge is 0.460 e. The van der Waals surface area contributed by atoms with Crippen LogP contribution in [0.5, 0.6) is 0 Å². The van der Waals surface area contributed by atoms with Crippen LogP contribution in [0.15, 0.2) is 25.3 Å². The Labute approximate surface area is 160 Å². The Morgan fingerprint density at radius 2 is 1.19 bits per heavy atom. The second-order valence-electron chi connectivity index (χ2n) is 4.91. The zero-order valence-electron chi connectivity index (χ0n) is 14.8. The molecule has 0 fully saturated rings. The van der Waals surface area contributed by atoms with Gasteiger partial charge in [0.2, 0.25) is 11.8 Å². The van der Waals surface area contributed by atoms with Crippen LogP contribution in [0.2, 0.25) is 0 Å². The van der Waals surface area contributed by atoms with Crippen LogP contribution in [0.1, 0.15) is 13.8 Å². The van der Waals surface area contributed by atoms with Crippen LogP contribution in [0.25, 0.3) is 0 Å². The van der Waals surface area contributed by atoms with Gasteiger partial charge in [-0.25, -0.2) is 9.59 Å². The van der Waals surface area contributed by atoms with Gasteiger partial charge in [0, 0.05) is 25.4 Å². The second kappa shape index (κ2) is 14.3. The fourth-order valence-electron chi connectivity index (χ4n) is 1.54. The van der Waals surface area contributed by atoms with E-state index in [1.54, 1.807) is 0 Å². The molecule has 2 atom stereocenters. The van der Waals surface area contributed by atoms with Gasteiger partial charge in [0.1, 0.15) is 25.3 Å². The summed E-state index contributed by atoms with van der Waals surface area (Å²) in [4.78, 5) is 46.2. The van der Waals surface area contributed by atoms with Crippen molar-refractivity contribution in [3.05, 3.63) is 25.3 Å². The molecule has 0 aromatic heterocycles. The molecular formula is C16H24N2O6S2. The Balaban J connectivity index is 4.53. The van der Waals surface area contributed by atoms with Crippen LogP contribution in [-0.2, 0) is 28.7 Å². The molecule has 10 heteroatoms. The molecule has 0 aliphatic rings.